The van der Waals surface area contributed by atoms with Gasteiger partial charge in [-0.2, -0.15) is 0 Å². The Bertz CT molecular complexity index is 975. The Morgan fingerprint density at radius 1 is 1.09 bits per heavy atom. The molecule has 168 valence electrons. The lowest BCUT2D eigenvalue weighted by atomic mass is 9.98. The van der Waals surface area contributed by atoms with Crippen molar-refractivity contribution < 1.29 is 24.2 Å². The van der Waals surface area contributed by atoms with E-state index in [1.165, 1.54) is 0 Å². The fourth-order valence-corrected chi connectivity index (χ4v) is 4.85. The zero-order chi connectivity index (χ0) is 22.7. The van der Waals surface area contributed by atoms with Crippen molar-refractivity contribution in [3.05, 3.63) is 59.7 Å². The molecule has 7 nitrogen and oxygen atoms in total. The van der Waals surface area contributed by atoms with Crippen LogP contribution in [0, 0.1) is 0 Å². The second kappa shape index (κ2) is 9.42. The molecule has 2 N–H and O–H groups in total. The number of alkyl carbamates (subject to hydrolysis) is 1. The number of rotatable bonds is 7. The number of benzene rings is 2. The fourth-order valence-electron chi connectivity index (χ4n) is 4.85. The predicted molar refractivity (Wildman–Crippen MR) is 119 cm³/mol. The number of carbonyl (C=O) groups is 3. The topological polar surface area (TPSA) is 95.9 Å². The highest BCUT2D eigenvalue weighted by Gasteiger charge is 2.32. The highest BCUT2D eigenvalue weighted by atomic mass is 16.5. The lowest BCUT2D eigenvalue weighted by molar-refractivity contribution is -0.140. The first-order valence-corrected chi connectivity index (χ1v) is 11.1. The molecule has 0 spiro atoms. The minimum absolute atomic E-state index is 0.0218. The quantitative estimate of drug-likeness (QED) is 0.689. The van der Waals surface area contributed by atoms with Crippen LogP contribution in [-0.2, 0) is 14.3 Å². The molecular formula is C25H28N2O5. The van der Waals surface area contributed by atoms with Gasteiger partial charge in [-0.15, -0.1) is 0 Å². The minimum atomic E-state index is -0.903. The standard InChI is InChI=1S/C25H28N2O5/c1-16(13-23(28)27-12-6-7-17(27)14-24(29)30)26-25(31)32-15-22-20-10-4-2-8-18(20)19-9-3-5-11-21(19)22/h2-5,8-11,16-17,22H,6-7,12-15H2,1H3,(H,26,31)(H,29,30)/t16-,17+/m1/s1. The van der Waals surface area contributed by atoms with Crippen molar-refractivity contribution in [3.8, 4) is 11.1 Å². The summed E-state index contributed by atoms with van der Waals surface area (Å²) in [6.07, 6.45) is 1.01. The predicted octanol–water partition coefficient (Wildman–Crippen LogP) is 3.77. The molecule has 1 heterocycles. The number of hydrogen-bond acceptors (Lipinski definition) is 4. The summed E-state index contributed by atoms with van der Waals surface area (Å²) in [6, 6.07) is 15.6. The van der Waals surface area contributed by atoms with Crippen LogP contribution in [-0.4, -0.2) is 53.2 Å². The third-order valence-corrected chi connectivity index (χ3v) is 6.30. The van der Waals surface area contributed by atoms with Gasteiger partial charge in [0.25, 0.3) is 0 Å². The number of likely N-dealkylation sites (tertiary alicyclic amines) is 1. The Hall–Kier alpha value is -3.35. The number of hydrogen-bond donors (Lipinski definition) is 2. The van der Waals surface area contributed by atoms with E-state index in [1.807, 2.05) is 24.3 Å². The Kier molecular flexibility index (Phi) is 6.44. The van der Waals surface area contributed by atoms with Gasteiger partial charge in [0.1, 0.15) is 6.61 Å². The molecule has 7 heteroatoms. The summed E-state index contributed by atoms with van der Waals surface area (Å²) in [5.74, 6) is -1.06. The number of fused-ring (bicyclic) bond motifs is 3. The molecule has 1 saturated heterocycles. The van der Waals surface area contributed by atoms with Gasteiger partial charge in [0.05, 0.1) is 6.42 Å². The molecule has 2 aliphatic rings. The zero-order valence-corrected chi connectivity index (χ0v) is 18.1. The molecular weight excluding hydrogens is 408 g/mol. The second-order valence-corrected chi connectivity index (χ2v) is 8.56. The number of ether oxygens (including phenoxy) is 1. The maximum atomic E-state index is 12.6. The molecule has 1 aliphatic carbocycles. The normalized spacial score (nSPS) is 18.0. The van der Waals surface area contributed by atoms with Gasteiger partial charge in [0.2, 0.25) is 5.91 Å². The molecule has 0 aromatic heterocycles. The van der Waals surface area contributed by atoms with Gasteiger partial charge < -0.3 is 20.1 Å². The van der Waals surface area contributed by atoms with Gasteiger partial charge in [-0.25, -0.2) is 4.79 Å². The number of carbonyl (C=O) groups excluding carboxylic acids is 2. The molecule has 4 rings (SSSR count). The van der Waals surface area contributed by atoms with Crippen LogP contribution in [0.15, 0.2) is 48.5 Å². The van der Waals surface area contributed by atoms with Crippen molar-refractivity contribution in [3.63, 3.8) is 0 Å². The summed E-state index contributed by atoms with van der Waals surface area (Å²) in [7, 11) is 0. The lowest BCUT2D eigenvalue weighted by Gasteiger charge is -2.25. The Labute approximate surface area is 187 Å². The van der Waals surface area contributed by atoms with Gasteiger partial charge in [-0.05, 0) is 42.0 Å². The number of nitrogens with one attached hydrogen (secondary N) is 1. The van der Waals surface area contributed by atoms with Crippen molar-refractivity contribution in [1.82, 2.24) is 10.2 Å². The Morgan fingerprint density at radius 3 is 2.34 bits per heavy atom. The van der Waals surface area contributed by atoms with Gasteiger partial charge in [-0.1, -0.05) is 48.5 Å². The van der Waals surface area contributed by atoms with Crippen LogP contribution in [0.25, 0.3) is 11.1 Å². The number of aliphatic carboxylic acids is 1. The maximum Gasteiger partial charge on any atom is 0.407 e. The fraction of sp³-hybridized carbons (Fsp3) is 0.400. The number of nitrogens with zero attached hydrogens (tertiary/aromatic N) is 1. The van der Waals surface area contributed by atoms with Crippen molar-refractivity contribution in [2.24, 2.45) is 0 Å². The lowest BCUT2D eigenvalue weighted by Crippen LogP contribution is -2.42. The summed E-state index contributed by atoms with van der Waals surface area (Å²) in [5.41, 5.74) is 4.61. The van der Waals surface area contributed by atoms with Crippen LogP contribution in [0.5, 0.6) is 0 Å². The van der Waals surface area contributed by atoms with E-state index in [0.29, 0.717) is 13.0 Å². The molecule has 0 bridgehead atoms. The minimum Gasteiger partial charge on any atom is -0.481 e. The average molecular weight is 437 g/mol. The summed E-state index contributed by atoms with van der Waals surface area (Å²) >= 11 is 0. The number of carboxylic acids is 1. The maximum absolute atomic E-state index is 12.6. The zero-order valence-electron chi connectivity index (χ0n) is 18.1. The monoisotopic (exact) mass is 436 g/mol. The first kappa shape index (κ1) is 21.9. The van der Waals surface area contributed by atoms with Gasteiger partial charge in [-0.3, -0.25) is 9.59 Å². The highest BCUT2D eigenvalue weighted by molar-refractivity contribution is 5.80. The second-order valence-electron chi connectivity index (χ2n) is 8.56. The molecule has 2 aromatic carbocycles. The average Bonchev–Trinajstić information content (AvgIpc) is 3.34. The van der Waals surface area contributed by atoms with Crippen molar-refractivity contribution >= 4 is 18.0 Å². The molecule has 1 aliphatic heterocycles. The Balaban J connectivity index is 1.31. The van der Waals surface area contributed by atoms with E-state index < -0.39 is 18.1 Å². The van der Waals surface area contributed by atoms with Crippen LogP contribution in [0.2, 0.25) is 0 Å². The SMILES string of the molecule is C[C@H](CC(=O)N1CCC[C@H]1CC(=O)O)NC(=O)OCC1c2ccccc2-c2ccccc21. The molecule has 0 saturated carbocycles. The molecule has 1 fully saturated rings. The van der Waals surface area contributed by atoms with E-state index in [1.54, 1.807) is 11.8 Å². The van der Waals surface area contributed by atoms with Crippen molar-refractivity contribution in [2.75, 3.05) is 13.2 Å². The van der Waals surface area contributed by atoms with Crippen LogP contribution >= 0.6 is 0 Å². The largest absolute Gasteiger partial charge is 0.481 e. The van der Waals surface area contributed by atoms with Gasteiger partial charge in [0.15, 0.2) is 0 Å². The summed E-state index contributed by atoms with van der Waals surface area (Å²) < 4.78 is 5.54. The number of amides is 2. The van der Waals surface area contributed by atoms with E-state index in [4.69, 9.17) is 9.84 Å². The molecule has 2 aromatic rings. The van der Waals surface area contributed by atoms with Crippen LogP contribution in [0.1, 0.15) is 49.7 Å². The van der Waals surface area contributed by atoms with E-state index >= 15 is 0 Å². The number of carboxylic acid groups (broad SMARTS) is 1. The molecule has 2 amide bonds. The first-order valence-electron chi connectivity index (χ1n) is 11.1. The Morgan fingerprint density at radius 2 is 1.72 bits per heavy atom. The van der Waals surface area contributed by atoms with Gasteiger partial charge in [0, 0.05) is 31.0 Å². The van der Waals surface area contributed by atoms with Crippen molar-refractivity contribution in [2.45, 2.75) is 50.6 Å². The first-order chi connectivity index (χ1) is 15.4. The molecule has 32 heavy (non-hydrogen) atoms. The molecule has 0 unspecified atom stereocenters. The summed E-state index contributed by atoms with van der Waals surface area (Å²) in [6.45, 7) is 2.53. The van der Waals surface area contributed by atoms with E-state index in [0.717, 1.165) is 28.7 Å². The highest BCUT2D eigenvalue weighted by Crippen LogP contribution is 2.44. The van der Waals surface area contributed by atoms with Crippen LogP contribution in [0.3, 0.4) is 0 Å². The third-order valence-electron chi connectivity index (χ3n) is 6.30. The van der Waals surface area contributed by atoms with Gasteiger partial charge >= 0.3 is 12.1 Å². The van der Waals surface area contributed by atoms with E-state index in [-0.39, 0.29) is 37.3 Å². The van der Waals surface area contributed by atoms with Crippen LogP contribution in [0.4, 0.5) is 4.79 Å². The van der Waals surface area contributed by atoms with Crippen molar-refractivity contribution in [1.29, 1.82) is 0 Å². The van der Waals surface area contributed by atoms with E-state index in [2.05, 4.69) is 29.6 Å². The smallest absolute Gasteiger partial charge is 0.407 e. The molecule has 2 atom stereocenters. The summed E-state index contributed by atoms with van der Waals surface area (Å²) in [4.78, 5) is 37.7. The summed E-state index contributed by atoms with van der Waals surface area (Å²) in [5, 5.41) is 11.8. The third kappa shape index (κ3) is 4.61. The molecule has 0 radical (unpaired) electrons. The van der Waals surface area contributed by atoms with Crippen LogP contribution < -0.4 is 5.32 Å². The van der Waals surface area contributed by atoms with E-state index in [9.17, 15) is 14.4 Å².